The van der Waals surface area contributed by atoms with Crippen LogP contribution in [0, 0.1) is 0 Å². The molecule has 1 N–H and O–H groups in total. The maximum atomic E-state index is 11.1. The number of hydrogen-bond acceptors (Lipinski definition) is 3. The highest BCUT2D eigenvalue weighted by Gasteiger charge is 2.13. The fraction of sp³-hybridized carbons (Fsp3) is 0.500. The van der Waals surface area contributed by atoms with E-state index in [4.69, 9.17) is 0 Å². The molecule has 0 saturated heterocycles. The molecular weight excluding hydrogens is 252 g/mol. The lowest BCUT2D eigenvalue weighted by Crippen LogP contribution is -2.28. The van der Waals surface area contributed by atoms with Gasteiger partial charge in [0.25, 0.3) is 0 Å². The Morgan fingerprint density at radius 1 is 1.85 bits per heavy atom. The third-order valence-electron chi connectivity index (χ3n) is 1.61. The molecule has 1 amide bonds. The SMILES string of the molecule is CCC(NC(=O)CBr)c1nccs1. The average Bonchev–Trinajstić information content (AvgIpc) is 2.66. The van der Waals surface area contributed by atoms with Crippen LogP contribution in [0.5, 0.6) is 0 Å². The molecule has 0 spiro atoms. The van der Waals surface area contributed by atoms with E-state index in [-0.39, 0.29) is 11.9 Å². The Bertz CT molecular complexity index is 263. The number of amides is 1. The molecule has 0 aromatic carbocycles. The molecule has 1 unspecified atom stereocenters. The topological polar surface area (TPSA) is 42.0 Å². The van der Waals surface area contributed by atoms with Crippen molar-refractivity contribution in [3.63, 3.8) is 0 Å². The van der Waals surface area contributed by atoms with Crippen LogP contribution in [0.3, 0.4) is 0 Å². The maximum absolute atomic E-state index is 11.1. The van der Waals surface area contributed by atoms with Gasteiger partial charge in [-0.05, 0) is 6.42 Å². The fourth-order valence-corrected chi connectivity index (χ4v) is 1.91. The van der Waals surface area contributed by atoms with Gasteiger partial charge in [0.15, 0.2) is 0 Å². The van der Waals surface area contributed by atoms with Gasteiger partial charge in [-0.1, -0.05) is 22.9 Å². The predicted molar refractivity (Wildman–Crippen MR) is 57.1 cm³/mol. The molecule has 1 aromatic rings. The van der Waals surface area contributed by atoms with E-state index < -0.39 is 0 Å². The fourth-order valence-electron chi connectivity index (χ4n) is 0.978. The van der Waals surface area contributed by atoms with Crippen LogP contribution in [0.1, 0.15) is 24.4 Å². The summed E-state index contributed by atoms with van der Waals surface area (Å²) in [4.78, 5) is 15.3. The molecule has 0 radical (unpaired) electrons. The number of nitrogens with zero attached hydrogens (tertiary/aromatic N) is 1. The second-order valence-electron chi connectivity index (χ2n) is 2.53. The highest BCUT2D eigenvalue weighted by Crippen LogP contribution is 2.18. The minimum Gasteiger partial charge on any atom is -0.346 e. The number of halogens is 1. The Hall–Kier alpha value is -0.420. The second-order valence-corrected chi connectivity index (χ2v) is 4.02. The highest BCUT2D eigenvalue weighted by molar-refractivity contribution is 9.09. The van der Waals surface area contributed by atoms with Crippen LogP contribution >= 0.6 is 27.3 Å². The molecule has 0 saturated carbocycles. The quantitative estimate of drug-likeness (QED) is 0.845. The van der Waals surface area contributed by atoms with Crippen molar-refractivity contribution in [1.82, 2.24) is 10.3 Å². The summed E-state index contributed by atoms with van der Waals surface area (Å²) in [5, 5.41) is 6.11. The van der Waals surface area contributed by atoms with Crippen LogP contribution in [-0.4, -0.2) is 16.2 Å². The summed E-state index contributed by atoms with van der Waals surface area (Å²) in [5.74, 6) is 0.00190. The summed E-state index contributed by atoms with van der Waals surface area (Å²) < 4.78 is 0. The van der Waals surface area contributed by atoms with Crippen molar-refractivity contribution >= 4 is 33.2 Å². The molecule has 13 heavy (non-hydrogen) atoms. The molecule has 1 heterocycles. The van der Waals surface area contributed by atoms with Crippen LogP contribution in [0.2, 0.25) is 0 Å². The zero-order valence-corrected chi connectivity index (χ0v) is 9.69. The van der Waals surface area contributed by atoms with E-state index in [1.807, 2.05) is 12.3 Å². The largest absolute Gasteiger partial charge is 0.346 e. The third kappa shape index (κ3) is 3.08. The average molecular weight is 263 g/mol. The summed E-state index contributed by atoms with van der Waals surface area (Å²) in [6.45, 7) is 2.03. The first kappa shape index (κ1) is 10.7. The predicted octanol–water partition coefficient (Wildman–Crippen LogP) is 2.11. The molecule has 1 aromatic heterocycles. The van der Waals surface area contributed by atoms with Crippen molar-refractivity contribution < 1.29 is 4.79 Å². The summed E-state index contributed by atoms with van der Waals surface area (Å²) in [6.07, 6.45) is 2.62. The minimum absolute atomic E-state index is 0.00190. The summed E-state index contributed by atoms with van der Waals surface area (Å²) in [5.41, 5.74) is 0. The Balaban J connectivity index is 2.58. The van der Waals surface area contributed by atoms with Crippen molar-refractivity contribution in [2.45, 2.75) is 19.4 Å². The first-order chi connectivity index (χ1) is 6.27. The van der Waals surface area contributed by atoms with E-state index in [2.05, 4.69) is 26.2 Å². The van der Waals surface area contributed by atoms with Gasteiger partial charge in [0.1, 0.15) is 5.01 Å². The maximum Gasteiger partial charge on any atom is 0.231 e. The van der Waals surface area contributed by atoms with Crippen molar-refractivity contribution in [3.05, 3.63) is 16.6 Å². The van der Waals surface area contributed by atoms with Gasteiger partial charge in [-0.15, -0.1) is 11.3 Å². The number of thiazole rings is 1. The standard InChI is InChI=1S/C8H11BrN2OS/c1-2-6(11-7(12)5-9)8-10-3-4-13-8/h3-4,6H,2,5H2,1H3,(H,11,12). The molecule has 1 atom stereocenters. The van der Waals surface area contributed by atoms with Crippen molar-refractivity contribution in [2.75, 3.05) is 5.33 Å². The lowest BCUT2D eigenvalue weighted by molar-refractivity contribution is -0.119. The summed E-state index contributed by atoms with van der Waals surface area (Å²) in [6, 6.07) is 0.0602. The van der Waals surface area contributed by atoms with E-state index in [1.54, 1.807) is 17.5 Å². The number of nitrogens with one attached hydrogen (secondary N) is 1. The van der Waals surface area contributed by atoms with E-state index >= 15 is 0 Å². The Labute approximate surface area is 89.7 Å². The van der Waals surface area contributed by atoms with Crippen LogP contribution in [0.4, 0.5) is 0 Å². The van der Waals surface area contributed by atoms with Crippen molar-refractivity contribution in [1.29, 1.82) is 0 Å². The van der Waals surface area contributed by atoms with Crippen LogP contribution in [0.15, 0.2) is 11.6 Å². The van der Waals surface area contributed by atoms with E-state index in [0.29, 0.717) is 5.33 Å². The molecule has 0 fully saturated rings. The number of aromatic nitrogens is 1. The van der Waals surface area contributed by atoms with E-state index in [1.165, 1.54) is 0 Å². The number of rotatable bonds is 4. The van der Waals surface area contributed by atoms with Gasteiger partial charge in [-0.25, -0.2) is 4.98 Å². The monoisotopic (exact) mass is 262 g/mol. The first-order valence-corrected chi connectivity index (χ1v) is 6.02. The molecule has 72 valence electrons. The number of alkyl halides is 1. The number of hydrogen-bond donors (Lipinski definition) is 1. The Kier molecular flexibility index (Phi) is 4.38. The zero-order valence-electron chi connectivity index (χ0n) is 7.29. The lowest BCUT2D eigenvalue weighted by atomic mass is 10.2. The Morgan fingerprint density at radius 3 is 3.08 bits per heavy atom. The molecular formula is C8H11BrN2OS. The molecule has 0 aliphatic carbocycles. The molecule has 0 aliphatic heterocycles. The van der Waals surface area contributed by atoms with Gasteiger partial charge in [-0.2, -0.15) is 0 Å². The van der Waals surface area contributed by atoms with Crippen LogP contribution in [-0.2, 0) is 4.79 Å². The molecule has 0 aliphatic rings. The van der Waals surface area contributed by atoms with Gasteiger partial charge >= 0.3 is 0 Å². The number of carbonyl (C=O) groups excluding carboxylic acids is 1. The lowest BCUT2D eigenvalue weighted by Gasteiger charge is -2.12. The summed E-state index contributed by atoms with van der Waals surface area (Å²) in [7, 11) is 0. The number of carbonyl (C=O) groups is 1. The van der Waals surface area contributed by atoms with Gasteiger partial charge in [-0.3, -0.25) is 4.79 Å². The van der Waals surface area contributed by atoms with Gasteiger partial charge in [0, 0.05) is 11.6 Å². The van der Waals surface area contributed by atoms with Gasteiger partial charge in [0.2, 0.25) is 5.91 Å². The normalized spacial score (nSPS) is 12.5. The van der Waals surface area contributed by atoms with Crippen molar-refractivity contribution in [2.24, 2.45) is 0 Å². The minimum atomic E-state index is 0.00190. The second kappa shape index (κ2) is 5.34. The molecule has 0 bridgehead atoms. The van der Waals surface area contributed by atoms with E-state index in [9.17, 15) is 4.79 Å². The molecule has 5 heteroatoms. The molecule has 1 rings (SSSR count). The summed E-state index contributed by atoms with van der Waals surface area (Å²) >= 11 is 4.67. The highest BCUT2D eigenvalue weighted by atomic mass is 79.9. The van der Waals surface area contributed by atoms with Gasteiger partial charge in [0.05, 0.1) is 11.4 Å². The van der Waals surface area contributed by atoms with Crippen molar-refractivity contribution in [3.8, 4) is 0 Å². The van der Waals surface area contributed by atoms with Crippen LogP contribution in [0.25, 0.3) is 0 Å². The van der Waals surface area contributed by atoms with Gasteiger partial charge < -0.3 is 5.32 Å². The first-order valence-electron chi connectivity index (χ1n) is 4.02. The molecule has 3 nitrogen and oxygen atoms in total. The van der Waals surface area contributed by atoms with Crippen LogP contribution < -0.4 is 5.32 Å². The third-order valence-corrected chi connectivity index (χ3v) is 3.01. The zero-order chi connectivity index (χ0) is 9.68. The Morgan fingerprint density at radius 2 is 2.62 bits per heavy atom. The smallest absolute Gasteiger partial charge is 0.231 e. The van der Waals surface area contributed by atoms with E-state index in [0.717, 1.165) is 11.4 Å².